The molecule has 0 heterocycles. The maximum atomic E-state index is 8.63. The molecule has 4 heteroatoms. The molecular weight excluding hydrogens is 216 g/mol. The van der Waals surface area contributed by atoms with Gasteiger partial charge in [0.15, 0.2) is 0 Å². The van der Waals surface area contributed by atoms with Crippen LogP contribution in [0.1, 0.15) is 33.6 Å². The monoisotopic (exact) mass is 246 g/mol. The first kappa shape index (κ1) is 16.8. The molecular formula is C13H30N2O2. The van der Waals surface area contributed by atoms with Gasteiger partial charge in [-0.3, -0.25) is 0 Å². The molecule has 0 amide bonds. The van der Waals surface area contributed by atoms with Gasteiger partial charge in [0.2, 0.25) is 0 Å². The molecule has 0 aliphatic carbocycles. The normalized spacial score (nSPS) is 12.4. The van der Waals surface area contributed by atoms with Gasteiger partial charge < -0.3 is 20.5 Å². The van der Waals surface area contributed by atoms with Gasteiger partial charge in [-0.1, -0.05) is 20.8 Å². The lowest BCUT2D eigenvalue weighted by molar-refractivity contribution is 0.0611. The van der Waals surface area contributed by atoms with Crippen LogP contribution in [0.15, 0.2) is 0 Å². The van der Waals surface area contributed by atoms with E-state index < -0.39 is 0 Å². The van der Waals surface area contributed by atoms with E-state index in [1.165, 1.54) is 0 Å². The van der Waals surface area contributed by atoms with Crippen LogP contribution in [0.3, 0.4) is 0 Å². The van der Waals surface area contributed by atoms with Crippen molar-refractivity contribution >= 4 is 0 Å². The number of likely N-dealkylation sites (N-methyl/N-ethyl adjacent to an activating group) is 1. The van der Waals surface area contributed by atoms with Crippen LogP contribution in [-0.4, -0.2) is 56.0 Å². The van der Waals surface area contributed by atoms with Crippen molar-refractivity contribution in [3.8, 4) is 0 Å². The maximum absolute atomic E-state index is 8.63. The molecule has 0 aromatic heterocycles. The number of aliphatic hydroxyl groups excluding tert-OH is 1. The van der Waals surface area contributed by atoms with Crippen LogP contribution >= 0.6 is 0 Å². The number of hydrogen-bond acceptors (Lipinski definition) is 4. The van der Waals surface area contributed by atoms with E-state index in [1.807, 2.05) is 0 Å². The van der Waals surface area contributed by atoms with E-state index in [2.05, 4.69) is 25.7 Å². The molecule has 0 fully saturated rings. The first-order valence-electron chi connectivity index (χ1n) is 6.79. The highest BCUT2D eigenvalue weighted by molar-refractivity contribution is 4.81. The zero-order chi connectivity index (χ0) is 13.1. The fourth-order valence-electron chi connectivity index (χ4n) is 2.01. The fraction of sp³-hybridized carbons (Fsp3) is 1.00. The van der Waals surface area contributed by atoms with E-state index >= 15 is 0 Å². The molecule has 0 saturated heterocycles. The first-order valence-corrected chi connectivity index (χ1v) is 6.79. The summed E-state index contributed by atoms with van der Waals surface area (Å²) in [6, 6.07) is 0. The third-order valence-corrected chi connectivity index (χ3v) is 3.73. The molecule has 17 heavy (non-hydrogen) atoms. The SMILES string of the molecule is CCN(CCOCCO)CC(CC)(CC)CN. The van der Waals surface area contributed by atoms with Crippen molar-refractivity contribution < 1.29 is 9.84 Å². The molecule has 0 bridgehead atoms. The molecule has 0 aliphatic rings. The van der Waals surface area contributed by atoms with Gasteiger partial charge in [-0.15, -0.1) is 0 Å². The number of nitrogens with two attached hydrogens (primary N) is 1. The molecule has 104 valence electrons. The van der Waals surface area contributed by atoms with Crippen LogP contribution < -0.4 is 5.73 Å². The molecule has 0 aromatic carbocycles. The first-order chi connectivity index (χ1) is 8.17. The minimum absolute atomic E-state index is 0.1000. The molecule has 0 aliphatic heterocycles. The standard InChI is InChI=1S/C13H30N2O2/c1-4-13(5-2,11-14)12-15(6-3)7-9-17-10-8-16/h16H,4-12,14H2,1-3H3. The van der Waals surface area contributed by atoms with Gasteiger partial charge in [-0.2, -0.15) is 0 Å². The Balaban J connectivity index is 4.08. The van der Waals surface area contributed by atoms with E-state index in [-0.39, 0.29) is 12.0 Å². The summed E-state index contributed by atoms with van der Waals surface area (Å²) in [5.74, 6) is 0. The summed E-state index contributed by atoms with van der Waals surface area (Å²) in [7, 11) is 0. The van der Waals surface area contributed by atoms with Crippen molar-refractivity contribution in [1.82, 2.24) is 4.90 Å². The van der Waals surface area contributed by atoms with Crippen LogP contribution in [0.2, 0.25) is 0 Å². The van der Waals surface area contributed by atoms with Crippen molar-refractivity contribution in [2.24, 2.45) is 11.1 Å². The predicted octanol–water partition coefficient (Wildman–Crippen LogP) is 1.08. The van der Waals surface area contributed by atoms with Gasteiger partial charge in [0, 0.05) is 13.1 Å². The second-order valence-corrected chi connectivity index (χ2v) is 4.62. The van der Waals surface area contributed by atoms with Crippen molar-refractivity contribution in [3.63, 3.8) is 0 Å². The third kappa shape index (κ3) is 6.36. The highest BCUT2D eigenvalue weighted by Gasteiger charge is 2.26. The molecule has 0 spiro atoms. The summed E-state index contributed by atoms with van der Waals surface area (Å²) in [5, 5.41) is 8.63. The van der Waals surface area contributed by atoms with E-state index in [9.17, 15) is 0 Å². The average Bonchev–Trinajstić information content (AvgIpc) is 2.39. The van der Waals surface area contributed by atoms with Crippen molar-refractivity contribution in [2.45, 2.75) is 33.6 Å². The van der Waals surface area contributed by atoms with Gasteiger partial charge in [-0.05, 0) is 31.3 Å². The zero-order valence-electron chi connectivity index (χ0n) is 11.7. The number of ether oxygens (including phenoxy) is 1. The molecule has 0 rings (SSSR count). The number of hydrogen-bond donors (Lipinski definition) is 2. The second-order valence-electron chi connectivity index (χ2n) is 4.62. The second kappa shape index (κ2) is 9.83. The molecule has 0 saturated carbocycles. The van der Waals surface area contributed by atoms with E-state index in [0.717, 1.165) is 39.0 Å². The lowest BCUT2D eigenvalue weighted by Gasteiger charge is -2.36. The lowest BCUT2D eigenvalue weighted by atomic mass is 9.82. The van der Waals surface area contributed by atoms with Crippen LogP contribution in [-0.2, 0) is 4.74 Å². The predicted molar refractivity (Wildman–Crippen MR) is 72.1 cm³/mol. The zero-order valence-corrected chi connectivity index (χ0v) is 11.7. The minimum atomic E-state index is 0.1000. The topological polar surface area (TPSA) is 58.7 Å². The Morgan fingerprint density at radius 1 is 1.18 bits per heavy atom. The summed E-state index contributed by atoms with van der Waals surface area (Å²) in [4.78, 5) is 2.39. The number of rotatable bonds is 11. The molecule has 0 atom stereocenters. The largest absolute Gasteiger partial charge is 0.394 e. The Morgan fingerprint density at radius 2 is 1.82 bits per heavy atom. The number of nitrogens with zero attached hydrogens (tertiary/aromatic N) is 1. The van der Waals surface area contributed by atoms with E-state index in [4.69, 9.17) is 15.6 Å². The van der Waals surface area contributed by atoms with Crippen LogP contribution in [0.25, 0.3) is 0 Å². The summed E-state index contributed by atoms with van der Waals surface area (Å²) in [5.41, 5.74) is 6.16. The summed E-state index contributed by atoms with van der Waals surface area (Å²) in [6.45, 7) is 11.5. The van der Waals surface area contributed by atoms with Gasteiger partial charge >= 0.3 is 0 Å². The Bertz CT molecular complexity index is 165. The molecule has 0 aromatic rings. The van der Waals surface area contributed by atoms with Crippen LogP contribution in [0.5, 0.6) is 0 Å². The number of aliphatic hydroxyl groups is 1. The van der Waals surface area contributed by atoms with Crippen LogP contribution in [0.4, 0.5) is 0 Å². The van der Waals surface area contributed by atoms with Gasteiger partial charge in [0.05, 0.1) is 19.8 Å². The van der Waals surface area contributed by atoms with Crippen molar-refractivity contribution in [3.05, 3.63) is 0 Å². The molecule has 0 unspecified atom stereocenters. The highest BCUT2D eigenvalue weighted by Crippen LogP contribution is 2.25. The molecule has 3 N–H and O–H groups in total. The van der Waals surface area contributed by atoms with E-state index in [0.29, 0.717) is 13.2 Å². The summed E-state index contributed by atoms with van der Waals surface area (Å²) in [6.07, 6.45) is 2.24. The van der Waals surface area contributed by atoms with E-state index in [1.54, 1.807) is 0 Å². The Kier molecular flexibility index (Phi) is 9.74. The van der Waals surface area contributed by atoms with Gasteiger partial charge in [0.1, 0.15) is 0 Å². The van der Waals surface area contributed by atoms with Gasteiger partial charge in [0.25, 0.3) is 0 Å². The smallest absolute Gasteiger partial charge is 0.0698 e. The quantitative estimate of drug-likeness (QED) is 0.536. The van der Waals surface area contributed by atoms with Crippen molar-refractivity contribution in [1.29, 1.82) is 0 Å². The molecule has 4 nitrogen and oxygen atoms in total. The summed E-state index contributed by atoms with van der Waals surface area (Å²) < 4.78 is 5.31. The molecule has 0 radical (unpaired) electrons. The summed E-state index contributed by atoms with van der Waals surface area (Å²) >= 11 is 0. The van der Waals surface area contributed by atoms with Crippen LogP contribution in [0, 0.1) is 5.41 Å². The lowest BCUT2D eigenvalue weighted by Crippen LogP contribution is -2.43. The Labute approximate surface area is 106 Å². The Hall–Kier alpha value is -0.160. The third-order valence-electron chi connectivity index (χ3n) is 3.73. The highest BCUT2D eigenvalue weighted by atomic mass is 16.5. The maximum Gasteiger partial charge on any atom is 0.0698 e. The fourth-order valence-corrected chi connectivity index (χ4v) is 2.01. The van der Waals surface area contributed by atoms with Gasteiger partial charge in [-0.25, -0.2) is 0 Å². The average molecular weight is 246 g/mol. The Morgan fingerprint density at radius 3 is 2.24 bits per heavy atom. The van der Waals surface area contributed by atoms with Crippen molar-refractivity contribution in [2.75, 3.05) is 46.0 Å². The minimum Gasteiger partial charge on any atom is -0.394 e.